The highest BCUT2D eigenvalue weighted by Crippen LogP contribution is 2.24. The van der Waals surface area contributed by atoms with Gasteiger partial charge in [-0.1, -0.05) is 24.3 Å². The van der Waals surface area contributed by atoms with Crippen LogP contribution in [0.4, 0.5) is 16.3 Å². The number of nitrogens with one attached hydrogen (secondary N) is 1. The van der Waals surface area contributed by atoms with Gasteiger partial charge in [-0.25, -0.2) is 14.4 Å². The molecule has 1 saturated heterocycles. The van der Waals surface area contributed by atoms with Crippen LogP contribution in [0.2, 0.25) is 0 Å². The Kier molecular flexibility index (Phi) is 6.90. The van der Waals surface area contributed by atoms with Crippen molar-refractivity contribution in [2.24, 2.45) is 0 Å². The normalized spacial score (nSPS) is 14.9. The number of imidazole rings is 2. The van der Waals surface area contributed by atoms with E-state index < -0.39 is 0 Å². The van der Waals surface area contributed by atoms with Crippen molar-refractivity contribution in [1.82, 2.24) is 24.0 Å². The summed E-state index contributed by atoms with van der Waals surface area (Å²) >= 11 is 0. The van der Waals surface area contributed by atoms with E-state index >= 15 is 0 Å². The van der Waals surface area contributed by atoms with Crippen molar-refractivity contribution >= 4 is 22.9 Å². The number of rotatable bonds is 7. The molecule has 0 bridgehead atoms. The highest BCUT2D eigenvalue weighted by atomic mass is 19.1. The molecule has 3 heterocycles. The first-order valence-corrected chi connectivity index (χ1v) is 11.1. The van der Waals surface area contributed by atoms with Crippen molar-refractivity contribution in [3.63, 3.8) is 0 Å². The zero-order valence-electron chi connectivity index (χ0n) is 18.5. The topological polar surface area (TPSA) is 108 Å². The minimum atomic E-state index is -0.218. The van der Waals surface area contributed by atoms with Crippen molar-refractivity contribution in [3.05, 3.63) is 72.3 Å². The zero-order chi connectivity index (χ0) is 21.9. The monoisotopic (exact) mass is 451 g/mol. The predicted molar refractivity (Wildman–Crippen MR) is 129 cm³/mol. The van der Waals surface area contributed by atoms with Crippen LogP contribution in [0.15, 0.2) is 60.9 Å². The molecular formula is C24H30FN7O. The van der Waals surface area contributed by atoms with Gasteiger partial charge in [-0.2, -0.15) is 0 Å². The van der Waals surface area contributed by atoms with Gasteiger partial charge in [0.2, 0.25) is 5.95 Å². The van der Waals surface area contributed by atoms with E-state index in [1.807, 2.05) is 41.1 Å². The van der Waals surface area contributed by atoms with E-state index in [4.69, 9.17) is 10.7 Å². The van der Waals surface area contributed by atoms with Crippen LogP contribution in [-0.4, -0.2) is 55.2 Å². The summed E-state index contributed by atoms with van der Waals surface area (Å²) in [5, 5.41) is 3.69. The molecular weight excluding hydrogens is 421 g/mol. The number of hydrogen-bond donors (Lipinski definition) is 2. The standard InChI is InChI=1S/C24H28FN7.H2O/c25-19-7-5-18(6-8-19)17-32-22-4-2-1-3-21(22)29-24(32)28-20-9-12-30(13-10-20)15-16-31-14-11-27-23(31)26;/h1-8,11,14,20H,9-10,12-13,15-17H2,(H2,26,27)(H,28,29);1H2. The van der Waals surface area contributed by atoms with Crippen LogP contribution in [0, 0.1) is 5.82 Å². The Morgan fingerprint density at radius 3 is 2.52 bits per heavy atom. The molecule has 1 aliphatic rings. The SMILES string of the molecule is Nc1nccn1CCN1CCC(Nc2nc3ccccc3n2Cc2ccc(F)cc2)CC1.O. The van der Waals surface area contributed by atoms with Crippen LogP contribution >= 0.6 is 0 Å². The molecule has 4 aromatic rings. The Bertz CT molecular complexity index is 1180. The molecule has 2 aromatic heterocycles. The zero-order valence-corrected chi connectivity index (χ0v) is 18.5. The fourth-order valence-electron chi connectivity index (χ4n) is 4.38. The Morgan fingerprint density at radius 2 is 1.79 bits per heavy atom. The van der Waals surface area contributed by atoms with E-state index in [0.717, 1.165) is 61.6 Å². The molecule has 0 radical (unpaired) electrons. The van der Waals surface area contributed by atoms with E-state index in [2.05, 4.69) is 25.8 Å². The van der Waals surface area contributed by atoms with Gasteiger partial charge in [-0.15, -0.1) is 0 Å². The van der Waals surface area contributed by atoms with Crippen LogP contribution in [-0.2, 0) is 13.1 Å². The summed E-state index contributed by atoms with van der Waals surface area (Å²) in [6.07, 6.45) is 5.77. The van der Waals surface area contributed by atoms with E-state index in [0.29, 0.717) is 18.5 Å². The summed E-state index contributed by atoms with van der Waals surface area (Å²) in [5.74, 6) is 1.23. The Balaban J connectivity index is 0.00000259. The average Bonchev–Trinajstić information content (AvgIpc) is 3.38. The third-order valence-electron chi connectivity index (χ3n) is 6.23. The molecule has 0 atom stereocenters. The molecule has 1 aliphatic heterocycles. The van der Waals surface area contributed by atoms with Gasteiger partial charge in [0.15, 0.2) is 5.95 Å². The van der Waals surface area contributed by atoms with Crippen molar-refractivity contribution in [2.45, 2.75) is 32.0 Å². The predicted octanol–water partition coefficient (Wildman–Crippen LogP) is 2.75. The Morgan fingerprint density at radius 1 is 1.03 bits per heavy atom. The number of hydrogen-bond acceptors (Lipinski definition) is 5. The van der Waals surface area contributed by atoms with Crippen molar-refractivity contribution < 1.29 is 9.87 Å². The van der Waals surface area contributed by atoms with Gasteiger partial charge < -0.3 is 30.6 Å². The summed E-state index contributed by atoms with van der Waals surface area (Å²) in [6.45, 7) is 4.54. The van der Waals surface area contributed by atoms with E-state index in [-0.39, 0.29) is 11.3 Å². The number of benzene rings is 2. The third-order valence-corrected chi connectivity index (χ3v) is 6.23. The number of para-hydroxylation sites is 2. The van der Waals surface area contributed by atoms with Crippen LogP contribution < -0.4 is 11.1 Å². The van der Waals surface area contributed by atoms with Gasteiger partial charge in [0.05, 0.1) is 17.6 Å². The summed E-state index contributed by atoms with van der Waals surface area (Å²) in [5.41, 5.74) is 8.96. The van der Waals surface area contributed by atoms with Gasteiger partial charge in [0.1, 0.15) is 5.82 Å². The average molecular weight is 452 g/mol. The molecule has 0 saturated carbocycles. The molecule has 8 nitrogen and oxygen atoms in total. The van der Waals surface area contributed by atoms with Gasteiger partial charge in [-0.05, 0) is 42.7 Å². The lowest BCUT2D eigenvalue weighted by Gasteiger charge is -2.32. The second-order valence-electron chi connectivity index (χ2n) is 8.38. The third kappa shape index (κ3) is 5.15. The first-order chi connectivity index (χ1) is 15.7. The minimum Gasteiger partial charge on any atom is -0.412 e. The number of fused-ring (bicyclic) bond motifs is 1. The van der Waals surface area contributed by atoms with Gasteiger partial charge in [0.25, 0.3) is 0 Å². The summed E-state index contributed by atoms with van der Waals surface area (Å²) in [7, 11) is 0. The van der Waals surface area contributed by atoms with Crippen molar-refractivity contribution in [2.75, 3.05) is 30.7 Å². The van der Waals surface area contributed by atoms with Gasteiger partial charge in [0, 0.05) is 44.6 Å². The summed E-state index contributed by atoms with van der Waals surface area (Å²) < 4.78 is 17.5. The Labute approximate surface area is 192 Å². The fourth-order valence-corrected chi connectivity index (χ4v) is 4.38. The number of halogens is 1. The number of nitrogen functional groups attached to an aromatic ring is 1. The Hall–Kier alpha value is -3.43. The molecule has 0 spiro atoms. The molecule has 5 rings (SSSR count). The molecule has 0 unspecified atom stereocenters. The summed E-state index contributed by atoms with van der Waals surface area (Å²) in [6, 6.07) is 15.2. The maximum atomic E-state index is 13.3. The molecule has 9 heteroatoms. The minimum absolute atomic E-state index is 0. The highest BCUT2D eigenvalue weighted by Gasteiger charge is 2.21. The van der Waals surface area contributed by atoms with Crippen LogP contribution in [0.1, 0.15) is 18.4 Å². The molecule has 33 heavy (non-hydrogen) atoms. The van der Waals surface area contributed by atoms with E-state index in [9.17, 15) is 4.39 Å². The van der Waals surface area contributed by atoms with Crippen LogP contribution in [0.3, 0.4) is 0 Å². The van der Waals surface area contributed by atoms with Crippen LogP contribution in [0.5, 0.6) is 0 Å². The molecule has 0 aliphatic carbocycles. The maximum Gasteiger partial charge on any atom is 0.204 e. The number of likely N-dealkylation sites (tertiary alicyclic amines) is 1. The van der Waals surface area contributed by atoms with Crippen molar-refractivity contribution in [3.8, 4) is 0 Å². The lowest BCUT2D eigenvalue weighted by molar-refractivity contribution is 0.211. The number of nitrogens with zero attached hydrogens (tertiary/aromatic N) is 5. The first-order valence-electron chi connectivity index (χ1n) is 11.1. The van der Waals surface area contributed by atoms with Gasteiger partial charge >= 0.3 is 0 Å². The molecule has 174 valence electrons. The molecule has 1 fully saturated rings. The number of anilines is 2. The maximum absolute atomic E-state index is 13.3. The second-order valence-corrected chi connectivity index (χ2v) is 8.38. The second kappa shape index (κ2) is 10.0. The first kappa shape index (κ1) is 22.8. The van der Waals surface area contributed by atoms with Crippen LogP contribution in [0.25, 0.3) is 11.0 Å². The molecule has 2 aromatic carbocycles. The number of piperidine rings is 1. The summed E-state index contributed by atoms with van der Waals surface area (Å²) in [4.78, 5) is 11.4. The number of aromatic nitrogens is 4. The molecule has 0 amide bonds. The largest absolute Gasteiger partial charge is 0.412 e. The van der Waals surface area contributed by atoms with Crippen molar-refractivity contribution in [1.29, 1.82) is 0 Å². The highest BCUT2D eigenvalue weighted by molar-refractivity contribution is 5.78. The van der Waals surface area contributed by atoms with E-state index in [1.165, 1.54) is 12.1 Å². The lowest BCUT2D eigenvalue weighted by atomic mass is 10.1. The van der Waals surface area contributed by atoms with Gasteiger partial charge in [-0.3, -0.25) is 0 Å². The lowest BCUT2D eigenvalue weighted by Crippen LogP contribution is -2.40. The molecule has 5 N–H and O–H groups in total. The quantitative estimate of drug-likeness (QED) is 0.449. The fraction of sp³-hybridized carbons (Fsp3) is 0.333. The smallest absolute Gasteiger partial charge is 0.204 e. The number of nitrogens with two attached hydrogens (primary N) is 1. The van der Waals surface area contributed by atoms with E-state index in [1.54, 1.807) is 6.20 Å².